The topological polar surface area (TPSA) is 73.9 Å². The van der Waals surface area contributed by atoms with Crippen molar-refractivity contribution in [2.24, 2.45) is 0 Å². The number of nitrogens with one attached hydrogen (secondary N) is 2. The molecule has 1 aromatic rings. The molecular formula is C19H20ClF3N4O3. The smallest absolute Gasteiger partial charge is 0.362 e. The first kappa shape index (κ1) is 21.0. The van der Waals surface area contributed by atoms with E-state index in [1.165, 1.54) is 5.01 Å². The lowest BCUT2D eigenvalue weighted by molar-refractivity contribution is -0.198. The summed E-state index contributed by atoms with van der Waals surface area (Å²) in [7, 11) is 1.67. The minimum absolute atomic E-state index is 0.0510. The highest BCUT2D eigenvalue weighted by Gasteiger charge is 2.55. The van der Waals surface area contributed by atoms with Crippen LogP contribution in [0.3, 0.4) is 0 Å². The zero-order chi connectivity index (χ0) is 21.8. The fourth-order valence-electron chi connectivity index (χ4n) is 4.56. The Morgan fingerprint density at radius 1 is 1.33 bits per heavy atom. The van der Waals surface area contributed by atoms with Gasteiger partial charge in [-0.1, -0.05) is 17.7 Å². The molecule has 1 amide bonds. The van der Waals surface area contributed by atoms with E-state index in [0.717, 1.165) is 4.90 Å². The van der Waals surface area contributed by atoms with Crippen LogP contribution in [0.4, 0.5) is 13.2 Å². The van der Waals surface area contributed by atoms with Crippen LogP contribution in [0.1, 0.15) is 35.7 Å². The first-order chi connectivity index (χ1) is 14.0. The van der Waals surface area contributed by atoms with Crippen LogP contribution in [-0.2, 0) is 15.1 Å². The fourth-order valence-corrected chi connectivity index (χ4v) is 4.73. The molecule has 0 aliphatic carbocycles. The van der Waals surface area contributed by atoms with E-state index in [2.05, 4.69) is 11.0 Å². The number of rotatable bonds is 1. The Hall–Kier alpha value is -2.30. The quantitative estimate of drug-likeness (QED) is 0.693. The van der Waals surface area contributed by atoms with Crippen molar-refractivity contribution in [3.8, 4) is 0 Å². The van der Waals surface area contributed by atoms with Gasteiger partial charge in [-0.3, -0.25) is 14.6 Å². The number of nitrogens with zero attached hydrogens (tertiary/aromatic N) is 2. The van der Waals surface area contributed by atoms with Crippen molar-refractivity contribution >= 4 is 23.3 Å². The number of likely N-dealkylation sites (tertiary alicyclic amines) is 1. The van der Waals surface area contributed by atoms with Gasteiger partial charge in [0.05, 0.1) is 17.3 Å². The molecule has 1 fully saturated rings. The third-order valence-corrected chi connectivity index (χ3v) is 5.99. The van der Waals surface area contributed by atoms with Crippen LogP contribution in [0, 0.1) is 0 Å². The summed E-state index contributed by atoms with van der Waals surface area (Å²) in [5.41, 5.74) is 5.95. The van der Waals surface area contributed by atoms with Crippen molar-refractivity contribution in [2.45, 2.75) is 43.6 Å². The van der Waals surface area contributed by atoms with Crippen molar-refractivity contribution in [1.82, 2.24) is 20.9 Å². The Labute approximate surface area is 175 Å². The number of hydrogen-bond acceptors (Lipinski definition) is 6. The number of fused-ring (bicyclic) bond motifs is 2. The van der Waals surface area contributed by atoms with Crippen LogP contribution >= 0.6 is 11.6 Å². The first-order valence-corrected chi connectivity index (χ1v) is 9.72. The molecule has 1 spiro atoms. The van der Waals surface area contributed by atoms with Crippen molar-refractivity contribution in [2.75, 3.05) is 13.7 Å². The maximum absolute atomic E-state index is 13.4. The predicted octanol–water partition coefficient (Wildman–Crippen LogP) is 2.49. The van der Waals surface area contributed by atoms with Crippen molar-refractivity contribution < 1.29 is 27.5 Å². The molecule has 11 heteroatoms. The number of Topliss-reactive ketones (excluding diaryl/α,β-unsaturated/α-hetero) is 1. The standard InChI is InChI=1S/C19H20ClF3N4O3/c1-10-6-18(13-4-3-11(20)5-12(13)16(28)9-30-18)7-15(14-8-26(2)25-24-14)27(10)17(29)19(21,22)23/h3-5,8,10,15,24-25H,6-7,9H2,1-2H3/t10-,15-,18-/m0/s1. The molecule has 1 saturated heterocycles. The van der Waals surface area contributed by atoms with Gasteiger partial charge < -0.3 is 15.1 Å². The van der Waals surface area contributed by atoms with Gasteiger partial charge in [0.15, 0.2) is 5.78 Å². The summed E-state index contributed by atoms with van der Waals surface area (Å²) in [6.45, 7) is 1.35. The molecule has 0 unspecified atom stereocenters. The van der Waals surface area contributed by atoms with Gasteiger partial charge in [-0.25, -0.2) is 0 Å². The number of carbonyl (C=O) groups is 2. The molecule has 3 aliphatic rings. The lowest BCUT2D eigenvalue weighted by Gasteiger charge is -2.51. The SMILES string of the molecule is C[C@H]1C[C@@]2(C[C@@H](C3=CN(C)NN3)N1C(=O)C(F)(F)F)OCC(=O)c1cc(Cl)ccc12. The molecule has 3 aliphatic heterocycles. The van der Waals surface area contributed by atoms with E-state index in [4.69, 9.17) is 16.3 Å². The molecule has 0 radical (unpaired) electrons. The number of hydrogen-bond donors (Lipinski definition) is 2. The lowest BCUT2D eigenvalue weighted by atomic mass is 9.73. The van der Waals surface area contributed by atoms with Gasteiger partial charge in [0, 0.05) is 42.7 Å². The van der Waals surface area contributed by atoms with Gasteiger partial charge in [0.2, 0.25) is 0 Å². The molecule has 3 atom stereocenters. The molecule has 2 N–H and O–H groups in total. The fraction of sp³-hybridized carbons (Fsp3) is 0.474. The number of hydrazine groups is 2. The lowest BCUT2D eigenvalue weighted by Crippen LogP contribution is -2.61. The number of alkyl halides is 3. The zero-order valence-corrected chi connectivity index (χ0v) is 17.0. The number of halogens is 4. The molecule has 4 rings (SSSR count). The first-order valence-electron chi connectivity index (χ1n) is 9.35. The van der Waals surface area contributed by atoms with Gasteiger partial charge in [-0.05, 0) is 24.6 Å². The Balaban J connectivity index is 1.80. The molecular weight excluding hydrogens is 425 g/mol. The second-order valence-electron chi connectivity index (χ2n) is 7.81. The summed E-state index contributed by atoms with van der Waals surface area (Å²) in [4.78, 5) is 25.5. The highest BCUT2D eigenvalue weighted by Crippen LogP contribution is 2.48. The average molecular weight is 445 g/mol. The largest absolute Gasteiger partial charge is 0.471 e. The maximum atomic E-state index is 13.4. The minimum Gasteiger partial charge on any atom is -0.362 e. The number of amides is 1. The normalized spacial score (nSPS) is 29.0. The van der Waals surface area contributed by atoms with Gasteiger partial charge in [-0.15, -0.1) is 5.53 Å². The highest BCUT2D eigenvalue weighted by molar-refractivity contribution is 6.31. The van der Waals surface area contributed by atoms with Crippen LogP contribution in [0.15, 0.2) is 30.1 Å². The summed E-state index contributed by atoms with van der Waals surface area (Å²) < 4.78 is 46.1. The third kappa shape index (κ3) is 3.42. The van der Waals surface area contributed by atoms with Crippen LogP contribution in [0.5, 0.6) is 0 Å². The molecule has 0 saturated carbocycles. The van der Waals surface area contributed by atoms with E-state index in [-0.39, 0.29) is 25.2 Å². The van der Waals surface area contributed by atoms with Gasteiger partial charge >= 0.3 is 12.1 Å². The Morgan fingerprint density at radius 2 is 2.07 bits per heavy atom. The average Bonchev–Trinajstić information content (AvgIpc) is 3.10. The highest BCUT2D eigenvalue weighted by atomic mass is 35.5. The van der Waals surface area contributed by atoms with Crippen molar-refractivity contribution in [3.63, 3.8) is 0 Å². The summed E-state index contributed by atoms with van der Waals surface area (Å²) in [5, 5.41) is 1.93. The van der Waals surface area contributed by atoms with Crippen LogP contribution in [0.25, 0.3) is 0 Å². The van der Waals surface area contributed by atoms with E-state index < -0.39 is 29.8 Å². The minimum atomic E-state index is -5.01. The van der Waals surface area contributed by atoms with E-state index in [1.54, 1.807) is 38.4 Å². The molecule has 0 aromatic heterocycles. The molecule has 30 heavy (non-hydrogen) atoms. The van der Waals surface area contributed by atoms with Gasteiger partial charge in [0.25, 0.3) is 0 Å². The second kappa shape index (κ2) is 7.14. The van der Waals surface area contributed by atoms with Gasteiger partial charge in [-0.2, -0.15) is 13.2 Å². The molecule has 7 nitrogen and oxygen atoms in total. The Morgan fingerprint density at radius 3 is 2.70 bits per heavy atom. The summed E-state index contributed by atoms with van der Waals surface area (Å²) in [5.74, 6) is -2.15. The van der Waals surface area contributed by atoms with E-state index in [0.29, 0.717) is 21.8 Å². The number of benzene rings is 1. The Bertz CT molecular complexity index is 938. The maximum Gasteiger partial charge on any atom is 0.471 e. The van der Waals surface area contributed by atoms with Crippen molar-refractivity contribution in [1.29, 1.82) is 0 Å². The monoisotopic (exact) mass is 444 g/mol. The molecule has 0 bridgehead atoms. The van der Waals surface area contributed by atoms with Gasteiger partial charge in [0.1, 0.15) is 6.61 Å². The number of piperidine rings is 1. The molecule has 3 heterocycles. The molecule has 1 aromatic carbocycles. The zero-order valence-electron chi connectivity index (χ0n) is 16.2. The second-order valence-corrected chi connectivity index (χ2v) is 8.25. The van der Waals surface area contributed by atoms with Crippen LogP contribution in [-0.4, -0.2) is 53.5 Å². The number of ether oxygens (including phenoxy) is 1. The van der Waals surface area contributed by atoms with E-state index in [1.807, 2.05) is 0 Å². The van der Waals surface area contributed by atoms with E-state index >= 15 is 0 Å². The third-order valence-electron chi connectivity index (χ3n) is 5.76. The van der Waals surface area contributed by atoms with E-state index in [9.17, 15) is 22.8 Å². The Kier molecular flexibility index (Phi) is 4.99. The summed E-state index contributed by atoms with van der Waals surface area (Å²) in [6, 6.07) is 3.11. The van der Waals surface area contributed by atoms with Crippen LogP contribution in [0.2, 0.25) is 5.02 Å². The number of ketones is 1. The summed E-state index contributed by atoms with van der Waals surface area (Å²) >= 11 is 6.06. The van der Waals surface area contributed by atoms with Crippen LogP contribution < -0.4 is 11.0 Å². The summed E-state index contributed by atoms with van der Waals surface area (Å²) in [6.07, 6.45) is -3.26. The number of carbonyl (C=O) groups excluding carboxylic acids is 2. The van der Waals surface area contributed by atoms with Crippen molar-refractivity contribution in [3.05, 3.63) is 46.2 Å². The molecule has 162 valence electrons. The predicted molar refractivity (Wildman–Crippen MR) is 101 cm³/mol.